The van der Waals surface area contributed by atoms with Gasteiger partial charge in [0.05, 0.1) is 13.1 Å². The van der Waals surface area contributed by atoms with E-state index in [9.17, 15) is 4.79 Å². The van der Waals surface area contributed by atoms with Gasteiger partial charge >= 0.3 is 0 Å². The van der Waals surface area contributed by atoms with Crippen molar-refractivity contribution in [2.75, 3.05) is 26.2 Å². The monoisotopic (exact) mass is 249 g/mol. The van der Waals surface area contributed by atoms with Gasteiger partial charge in [-0.25, -0.2) is 0 Å². The molecule has 0 aliphatic carbocycles. The minimum Gasteiger partial charge on any atom is -0.344 e. The first-order valence-electron chi connectivity index (χ1n) is 6.99. The van der Waals surface area contributed by atoms with Gasteiger partial charge in [0.25, 0.3) is 0 Å². The van der Waals surface area contributed by atoms with E-state index in [2.05, 4.69) is 21.5 Å². The number of amides is 1. The highest BCUT2D eigenvalue weighted by Crippen LogP contribution is 2.23. The topological polar surface area (TPSA) is 44.4 Å². The zero-order chi connectivity index (χ0) is 12.8. The molecule has 0 radical (unpaired) electrons. The molecule has 1 amide bonds. The Kier molecular flexibility index (Phi) is 5.03. The maximum atomic E-state index is 11.8. The van der Waals surface area contributed by atoms with Gasteiger partial charge in [0.1, 0.15) is 0 Å². The van der Waals surface area contributed by atoms with Gasteiger partial charge in [0, 0.05) is 12.1 Å². The maximum Gasteiger partial charge on any atom is 0.234 e. The third-order valence-corrected chi connectivity index (χ3v) is 3.96. The lowest BCUT2D eigenvalue weighted by molar-refractivity contribution is -0.123. The lowest BCUT2D eigenvalue weighted by Gasteiger charge is -2.38. The van der Waals surface area contributed by atoms with Gasteiger partial charge in [-0.15, -0.1) is 6.42 Å². The predicted molar refractivity (Wildman–Crippen MR) is 72.1 cm³/mol. The number of hydrogen-bond donors (Lipinski definition) is 2. The van der Waals surface area contributed by atoms with Crippen molar-refractivity contribution < 1.29 is 4.79 Å². The van der Waals surface area contributed by atoms with Crippen LogP contribution in [0.5, 0.6) is 0 Å². The highest BCUT2D eigenvalue weighted by Gasteiger charge is 2.32. The number of likely N-dealkylation sites (tertiary alicyclic amines) is 1. The van der Waals surface area contributed by atoms with Crippen LogP contribution in [0.15, 0.2) is 0 Å². The smallest absolute Gasteiger partial charge is 0.234 e. The molecule has 18 heavy (non-hydrogen) atoms. The lowest BCUT2D eigenvalue weighted by atomic mass is 9.94. The third-order valence-electron chi connectivity index (χ3n) is 3.96. The summed E-state index contributed by atoms with van der Waals surface area (Å²) in [6, 6.07) is 1.10. The highest BCUT2D eigenvalue weighted by molar-refractivity contribution is 5.78. The molecule has 2 saturated heterocycles. The van der Waals surface area contributed by atoms with Gasteiger partial charge in [-0.2, -0.15) is 0 Å². The van der Waals surface area contributed by atoms with Crippen molar-refractivity contribution in [1.82, 2.24) is 15.5 Å². The molecule has 0 saturated carbocycles. The summed E-state index contributed by atoms with van der Waals surface area (Å²) >= 11 is 0. The summed E-state index contributed by atoms with van der Waals surface area (Å²) in [6.07, 6.45) is 11.3. The van der Waals surface area contributed by atoms with Crippen molar-refractivity contribution in [3.63, 3.8) is 0 Å². The molecule has 2 rings (SSSR count). The van der Waals surface area contributed by atoms with Crippen molar-refractivity contribution in [1.29, 1.82) is 0 Å². The zero-order valence-corrected chi connectivity index (χ0v) is 11.0. The molecule has 2 aliphatic heterocycles. The number of terminal acetylenes is 1. The number of carbonyl (C=O) groups excluding carboxylic acids is 1. The minimum absolute atomic E-state index is 0.0536. The van der Waals surface area contributed by atoms with Crippen molar-refractivity contribution >= 4 is 5.91 Å². The number of nitrogens with zero attached hydrogens (tertiary/aromatic N) is 1. The van der Waals surface area contributed by atoms with E-state index in [4.69, 9.17) is 6.42 Å². The van der Waals surface area contributed by atoms with E-state index < -0.39 is 0 Å². The minimum atomic E-state index is 0.0536. The van der Waals surface area contributed by atoms with E-state index >= 15 is 0 Å². The molecule has 2 N–H and O–H groups in total. The second-order valence-electron chi connectivity index (χ2n) is 5.22. The Labute approximate surface area is 109 Å². The van der Waals surface area contributed by atoms with Crippen molar-refractivity contribution in [3.05, 3.63) is 0 Å². The highest BCUT2D eigenvalue weighted by atomic mass is 16.2. The van der Waals surface area contributed by atoms with Gasteiger partial charge in [-0.05, 0) is 38.8 Å². The molecule has 4 heteroatoms. The molecule has 0 aromatic rings. The number of carbonyl (C=O) groups is 1. The molecular formula is C14H23N3O. The fraction of sp³-hybridized carbons (Fsp3) is 0.786. The van der Waals surface area contributed by atoms with Crippen LogP contribution in [0.3, 0.4) is 0 Å². The molecule has 2 atom stereocenters. The van der Waals surface area contributed by atoms with Crippen LogP contribution in [0.25, 0.3) is 0 Å². The summed E-state index contributed by atoms with van der Waals surface area (Å²) in [5.41, 5.74) is 0. The van der Waals surface area contributed by atoms with Crippen LogP contribution in [0, 0.1) is 12.3 Å². The van der Waals surface area contributed by atoms with E-state index in [1.807, 2.05) is 0 Å². The average molecular weight is 249 g/mol. The van der Waals surface area contributed by atoms with Gasteiger partial charge in [0.15, 0.2) is 0 Å². The molecular weight excluding hydrogens is 226 g/mol. The van der Waals surface area contributed by atoms with Crippen LogP contribution in [-0.4, -0.2) is 49.1 Å². The van der Waals surface area contributed by atoms with Gasteiger partial charge in [0.2, 0.25) is 5.91 Å². The van der Waals surface area contributed by atoms with Crippen LogP contribution >= 0.6 is 0 Å². The number of rotatable bonds is 4. The van der Waals surface area contributed by atoms with Crippen LogP contribution < -0.4 is 10.6 Å². The summed E-state index contributed by atoms with van der Waals surface area (Å²) in [4.78, 5) is 14.1. The molecule has 2 heterocycles. The second kappa shape index (κ2) is 6.77. The zero-order valence-electron chi connectivity index (χ0n) is 11.0. The molecule has 0 spiro atoms. The van der Waals surface area contributed by atoms with E-state index in [0.717, 1.165) is 13.1 Å². The van der Waals surface area contributed by atoms with Crippen molar-refractivity contribution in [3.8, 4) is 12.3 Å². The van der Waals surface area contributed by atoms with Gasteiger partial charge < -0.3 is 10.6 Å². The molecule has 0 bridgehead atoms. The summed E-state index contributed by atoms with van der Waals surface area (Å²) < 4.78 is 0. The van der Waals surface area contributed by atoms with Crippen molar-refractivity contribution in [2.24, 2.45) is 0 Å². The molecule has 2 unspecified atom stereocenters. The molecule has 4 nitrogen and oxygen atoms in total. The normalized spacial score (nSPS) is 28.8. The Balaban J connectivity index is 1.87. The quantitative estimate of drug-likeness (QED) is 0.706. The molecule has 100 valence electrons. The first kappa shape index (κ1) is 13.4. The summed E-state index contributed by atoms with van der Waals surface area (Å²) in [7, 11) is 0. The fourth-order valence-corrected chi connectivity index (χ4v) is 3.10. The summed E-state index contributed by atoms with van der Waals surface area (Å²) in [5, 5.41) is 6.32. The average Bonchev–Trinajstić information content (AvgIpc) is 2.91. The van der Waals surface area contributed by atoms with Gasteiger partial charge in [-0.1, -0.05) is 12.3 Å². The Bertz CT molecular complexity index is 317. The molecule has 2 fully saturated rings. The fourth-order valence-electron chi connectivity index (χ4n) is 3.10. The van der Waals surface area contributed by atoms with E-state index in [1.54, 1.807) is 0 Å². The predicted octanol–water partition coefficient (Wildman–Crippen LogP) is 0.342. The maximum absolute atomic E-state index is 11.8. The molecule has 0 aromatic heterocycles. The lowest BCUT2D eigenvalue weighted by Crippen LogP contribution is -2.53. The largest absolute Gasteiger partial charge is 0.344 e. The standard InChI is InChI=1S/C14H23N3O/c1-2-8-16-14(18)11-17-10-4-3-7-13(17)12-6-5-9-15-12/h1,12-13,15H,3-11H2,(H,16,18). The molecule has 2 aliphatic rings. The SMILES string of the molecule is C#CCNC(=O)CN1CCCCC1C1CCCN1. The summed E-state index contributed by atoms with van der Waals surface area (Å²) in [5.74, 6) is 2.49. The van der Waals surface area contributed by atoms with E-state index in [-0.39, 0.29) is 5.91 Å². The Morgan fingerprint density at radius 2 is 2.28 bits per heavy atom. The Morgan fingerprint density at radius 3 is 3.00 bits per heavy atom. The van der Waals surface area contributed by atoms with Crippen LogP contribution in [0.4, 0.5) is 0 Å². The van der Waals surface area contributed by atoms with E-state index in [1.165, 1.54) is 32.1 Å². The van der Waals surface area contributed by atoms with Crippen LogP contribution in [0.1, 0.15) is 32.1 Å². The number of nitrogens with one attached hydrogen (secondary N) is 2. The Hall–Kier alpha value is -1.05. The van der Waals surface area contributed by atoms with Crippen LogP contribution in [-0.2, 0) is 4.79 Å². The molecule has 0 aromatic carbocycles. The first-order valence-corrected chi connectivity index (χ1v) is 6.99. The third kappa shape index (κ3) is 3.47. The van der Waals surface area contributed by atoms with E-state index in [0.29, 0.717) is 25.2 Å². The second-order valence-corrected chi connectivity index (χ2v) is 5.22. The Morgan fingerprint density at radius 1 is 1.39 bits per heavy atom. The van der Waals surface area contributed by atoms with Crippen LogP contribution in [0.2, 0.25) is 0 Å². The summed E-state index contributed by atoms with van der Waals surface area (Å²) in [6.45, 7) is 2.98. The first-order chi connectivity index (χ1) is 8.81. The number of hydrogen-bond acceptors (Lipinski definition) is 3. The number of piperidine rings is 1. The van der Waals surface area contributed by atoms with Crippen molar-refractivity contribution in [2.45, 2.75) is 44.2 Å². The van der Waals surface area contributed by atoms with Gasteiger partial charge in [-0.3, -0.25) is 9.69 Å².